The molecule has 1 aromatic heterocycles. The van der Waals surface area contributed by atoms with Crippen molar-refractivity contribution < 1.29 is 14.0 Å². The van der Waals surface area contributed by atoms with Crippen molar-refractivity contribution in [1.82, 2.24) is 0 Å². The molecular weight excluding hydrogens is 212 g/mol. The molecule has 0 fully saturated rings. The van der Waals surface area contributed by atoms with Crippen molar-refractivity contribution in [1.29, 1.82) is 0 Å². The van der Waals surface area contributed by atoms with E-state index < -0.39 is 5.63 Å². The summed E-state index contributed by atoms with van der Waals surface area (Å²) in [7, 11) is 0. The molecule has 2 N–H and O–H groups in total. The lowest BCUT2D eigenvalue weighted by atomic mass is 10.3. The predicted molar refractivity (Wildman–Crippen MR) is 58.3 cm³/mol. The van der Waals surface area contributed by atoms with Gasteiger partial charge in [-0.05, 0) is 13.0 Å². The summed E-state index contributed by atoms with van der Waals surface area (Å²) in [5.41, 5.74) is -0.292. The molecule has 1 aromatic rings. The summed E-state index contributed by atoms with van der Waals surface area (Å²) in [6, 6.07) is 1.37. The summed E-state index contributed by atoms with van der Waals surface area (Å²) in [6.07, 6.45) is 0. The molecule has 0 radical (unpaired) electrons. The first-order valence-electron chi connectivity index (χ1n) is 4.60. The monoisotopic (exact) mass is 224 g/mol. The summed E-state index contributed by atoms with van der Waals surface area (Å²) in [5.74, 6) is -0.384. The van der Waals surface area contributed by atoms with Gasteiger partial charge in [-0.1, -0.05) is 0 Å². The Balaban J connectivity index is 3.15. The van der Waals surface area contributed by atoms with Crippen LogP contribution in [-0.4, -0.2) is 11.8 Å². The van der Waals surface area contributed by atoms with E-state index in [2.05, 4.69) is 10.6 Å². The zero-order valence-electron chi connectivity index (χ0n) is 9.21. The molecule has 2 amide bonds. The van der Waals surface area contributed by atoms with Gasteiger partial charge in [-0.15, -0.1) is 0 Å². The van der Waals surface area contributed by atoms with E-state index in [0.717, 1.165) is 0 Å². The number of nitrogens with one attached hydrogen (secondary N) is 2. The van der Waals surface area contributed by atoms with Gasteiger partial charge in [-0.25, -0.2) is 4.79 Å². The standard InChI is InChI=1S/C10H12N2O4/c1-5-8(11-6(2)13)4-9(10(15)16-5)12-7(3)14/h4H,1-3H3,(H,11,13)(H,12,14). The number of carbonyl (C=O) groups excluding carboxylic acids is 2. The highest BCUT2D eigenvalue weighted by atomic mass is 16.4. The van der Waals surface area contributed by atoms with Gasteiger partial charge in [0.05, 0.1) is 5.69 Å². The molecule has 0 bridgehead atoms. The quantitative estimate of drug-likeness (QED) is 0.779. The molecule has 0 spiro atoms. The normalized spacial score (nSPS) is 9.69. The van der Waals surface area contributed by atoms with Crippen LogP contribution in [-0.2, 0) is 9.59 Å². The van der Waals surface area contributed by atoms with Crippen molar-refractivity contribution in [2.45, 2.75) is 20.8 Å². The average Bonchev–Trinajstić information content (AvgIpc) is 2.11. The largest absolute Gasteiger partial charge is 0.424 e. The molecule has 1 rings (SSSR count). The second kappa shape index (κ2) is 4.61. The molecule has 0 aromatic carbocycles. The van der Waals surface area contributed by atoms with Crippen LogP contribution in [0.5, 0.6) is 0 Å². The van der Waals surface area contributed by atoms with Crippen LogP contribution >= 0.6 is 0 Å². The fourth-order valence-electron chi connectivity index (χ4n) is 1.14. The van der Waals surface area contributed by atoms with Crippen LogP contribution in [0.3, 0.4) is 0 Å². The van der Waals surface area contributed by atoms with E-state index in [4.69, 9.17) is 4.42 Å². The number of rotatable bonds is 2. The summed E-state index contributed by atoms with van der Waals surface area (Å²) >= 11 is 0. The predicted octanol–water partition coefficient (Wildman–Crippen LogP) is 0.865. The maximum Gasteiger partial charge on any atom is 0.360 e. The van der Waals surface area contributed by atoms with Gasteiger partial charge >= 0.3 is 5.63 Å². The molecule has 0 aliphatic carbocycles. The van der Waals surface area contributed by atoms with Crippen LogP contribution in [0.15, 0.2) is 15.3 Å². The van der Waals surface area contributed by atoms with Crippen molar-refractivity contribution in [3.63, 3.8) is 0 Å². The van der Waals surface area contributed by atoms with Crippen molar-refractivity contribution in [2.75, 3.05) is 10.6 Å². The van der Waals surface area contributed by atoms with Crippen LogP contribution in [0.2, 0.25) is 0 Å². The fourth-order valence-corrected chi connectivity index (χ4v) is 1.14. The van der Waals surface area contributed by atoms with Gasteiger partial charge in [0.25, 0.3) is 0 Å². The molecule has 0 aliphatic heterocycles. The first-order valence-corrected chi connectivity index (χ1v) is 4.60. The second-order valence-electron chi connectivity index (χ2n) is 3.28. The number of hydrogen-bond donors (Lipinski definition) is 2. The Kier molecular flexibility index (Phi) is 3.44. The Hall–Kier alpha value is -2.11. The maximum atomic E-state index is 11.3. The second-order valence-corrected chi connectivity index (χ2v) is 3.28. The number of hydrogen-bond acceptors (Lipinski definition) is 4. The molecule has 1 heterocycles. The highest BCUT2D eigenvalue weighted by molar-refractivity contribution is 5.92. The minimum absolute atomic E-state index is 0.00171. The zero-order valence-corrected chi connectivity index (χ0v) is 9.21. The Morgan fingerprint density at radius 1 is 1.12 bits per heavy atom. The maximum absolute atomic E-state index is 11.3. The Morgan fingerprint density at radius 3 is 2.12 bits per heavy atom. The number of amides is 2. The van der Waals surface area contributed by atoms with Crippen LogP contribution in [0.4, 0.5) is 11.4 Å². The third-order valence-electron chi connectivity index (χ3n) is 1.76. The molecule has 0 aliphatic rings. The van der Waals surface area contributed by atoms with E-state index in [9.17, 15) is 14.4 Å². The number of anilines is 2. The van der Waals surface area contributed by atoms with Gasteiger partial charge in [0.2, 0.25) is 11.8 Å². The summed E-state index contributed by atoms with van der Waals surface area (Å²) in [6.45, 7) is 4.16. The molecule has 6 heteroatoms. The van der Waals surface area contributed by atoms with Gasteiger partial charge in [-0.3, -0.25) is 9.59 Å². The fraction of sp³-hybridized carbons (Fsp3) is 0.300. The molecule has 16 heavy (non-hydrogen) atoms. The van der Waals surface area contributed by atoms with Crippen LogP contribution in [0, 0.1) is 6.92 Å². The molecule has 0 saturated heterocycles. The Bertz CT molecular complexity index is 490. The zero-order chi connectivity index (χ0) is 12.3. The van der Waals surface area contributed by atoms with Crippen LogP contribution < -0.4 is 16.3 Å². The summed E-state index contributed by atoms with van der Waals surface area (Å²) in [4.78, 5) is 33.0. The van der Waals surface area contributed by atoms with Gasteiger partial charge in [0, 0.05) is 13.8 Å². The lowest BCUT2D eigenvalue weighted by Gasteiger charge is -2.07. The SMILES string of the molecule is CC(=O)Nc1cc(NC(C)=O)c(=O)oc1C. The van der Waals surface area contributed by atoms with Crippen molar-refractivity contribution in [3.05, 3.63) is 22.2 Å². The molecule has 0 unspecified atom stereocenters. The first-order chi connectivity index (χ1) is 7.40. The first kappa shape index (κ1) is 12.0. The minimum atomic E-state index is -0.651. The summed E-state index contributed by atoms with van der Waals surface area (Å²) in [5, 5.41) is 4.81. The van der Waals surface area contributed by atoms with E-state index in [-0.39, 0.29) is 23.3 Å². The van der Waals surface area contributed by atoms with E-state index in [1.54, 1.807) is 6.92 Å². The average molecular weight is 224 g/mol. The minimum Gasteiger partial charge on any atom is -0.424 e. The molecule has 6 nitrogen and oxygen atoms in total. The molecule has 86 valence electrons. The van der Waals surface area contributed by atoms with Gasteiger partial charge in [-0.2, -0.15) is 0 Å². The lowest BCUT2D eigenvalue weighted by molar-refractivity contribution is -0.115. The Morgan fingerprint density at radius 2 is 1.62 bits per heavy atom. The molecule has 0 atom stereocenters. The van der Waals surface area contributed by atoms with Gasteiger partial charge in [0.1, 0.15) is 11.4 Å². The van der Waals surface area contributed by atoms with Crippen molar-refractivity contribution >= 4 is 23.2 Å². The van der Waals surface area contributed by atoms with E-state index in [1.165, 1.54) is 19.9 Å². The Labute approximate surface area is 91.6 Å². The van der Waals surface area contributed by atoms with E-state index in [1.807, 2.05) is 0 Å². The van der Waals surface area contributed by atoms with Crippen molar-refractivity contribution in [2.24, 2.45) is 0 Å². The molecular formula is C10H12N2O4. The molecule has 0 saturated carbocycles. The number of carbonyl (C=O) groups is 2. The van der Waals surface area contributed by atoms with Crippen molar-refractivity contribution in [3.8, 4) is 0 Å². The lowest BCUT2D eigenvalue weighted by Crippen LogP contribution is -2.17. The van der Waals surface area contributed by atoms with Gasteiger partial charge in [0.15, 0.2) is 0 Å². The van der Waals surface area contributed by atoms with E-state index >= 15 is 0 Å². The van der Waals surface area contributed by atoms with Gasteiger partial charge < -0.3 is 15.1 Å². The number of aryl methyl sites for hydroxylation is 1. The highest BCUT2D eigenvalue weighted by Gasteiger charge is 2.09. The van der Waals surface area contributed by atoms with Crippen LogP contribution in [0.25, 0.3) is 0 Å². The third kappa shape index (κ3) is 2.94. The van der Waals surface area contributed by atoms with Crippen LogP contribution in [0.1, 0.15) is 19.6 Å². The highest BCUT2D eigenvalue weighted by Crippen LogP contribution is 2.16. The van der Waals surface area contributed by atoms with E-state index in [0.29, 0.717) is 5.69 Å². The summed E-state index contributed by atoms with van der Waals surface area (Å²) < 4.78 is 4.86. The third-order valence-corrected chi connectivity index (χ3v) is 1.76. The topological polar surface area (TPSA) is 88.4 Å². The smallest absolute Gasteiger partial charge is 0.360 e.